The fourth-order valence-corrected chi connectivity index (χ4v) is 2.02. The SMILES string of the molecule is CC1CCCC(C)(C)/C1=N/O. The predicted molar refractivity (Wildman–Crippen MR) is 46.0 cm³/mol. The molecule has 1 unspecified atom stereocenters. The van der Waals surface area contributed by atoms with E-state index in [4.69, 9.17) is 5.21 Å². The topological polar surface area (TPSA) is 32.6 Å². The van der Waals surface area contributed by atoms with E-state index in [0.717, 1.165) is 12.1 Å². The van der Waals surface area contributed by atoms with Crippen molar-refractivity contribution < 1.29 is 5.21 Å². The molecule has 1 atom stereocenters. The van der Waals surface area contributed by atoms with Gasteiger partial charge >= 0.3 is 0 Å². The number of rotatable bonds is 0. The Bertz CT molecular complexity index is 172. The van der Waals surface area contributed by atoms with Gasteiger partial charge < -0.3 is 5.21 Å². The first kappa shape index (κ1) is 8.57. The molecule has 0 aromatic carbocycles. The molecule has 1 aliphatic rings. The second-order valence-electron chi connectivity index (χ2n) is 4.16. The van der Waals surface area contributed by atoms with Gasteiger partial charge in [-0.1, -0.05) is 32.3 Å². The highest BCUT2D eigenvalue weighted by molar-refractivity contribution is 5.91. The summed E-state index contributed by atoms with van der Waals surface area (Å²) in [5, 5.41) is 12.2. The van der Waals surface area contributed by atoms with E-state index < -0.39 is 0 Å². The van der Waals surface area contributed by atoms with Gasteiger partial charge in [-0.3, -0.25) is 0 Å². The summed E-state index contributed by atoms with van der Waals surface area (Å²) in [5.41, 5.74) is 1.09. The van der Waals surface area contributed by atoms with Crippen LogP contribution in [-0.4, -0.2) is 10.9 Å². The Morgan fingerprint density at radius 3 is 2.55 bits per heavy atom. The van der Waals surface area contributed by atoms with Crippen LogP contribution in [0.2, 0.25) is 0 Å². The zero-order valence-corrected chi connectivity index (χ0v) is 7.59. The molecule has 1 rings (SSSR count). The van der Waals surface area contributed by atoms with Crippen LogP contribution in [0.4, 0.5) is 0 Å². The molecule has 11 heavy (non-hydrogen) atoms. The minimum atomic E-state index is 0.117. The second kappa shape index (κ2) is 2.84. The number of nitrogens with zero attached hydrogens (tertiary/aromatic N) is 1. The summed E-state index contributed by atoms with van der Waals surface area (Å²) in [5.74, 6) is 0.462. The van der Waals surface area contributed by atoms with Gasteiger partial charge in [0, 0.05) is 5.41 Å². The molecular weight excluding hydrogens is 138 g/mol. The average Bonchev–Trinajstić information content (AvgIpc) is 1.86. The number of hydrogen-bond donors (Lipinski definition) is 1. The van der Waals surface area contributed by atoms with Gasteiger partial charge in [-0.05, 0) is 18.8 Å². The quantitative estimate of drug-likeness (QED) is 0.423. The van der Waals surface area contributed by atoms with Crippen molar-refractivity contribution in [1.29, 1.82) is 0 Å². The summed E-state index contributed by atoms with van der Waals surface area (Å²) in [6, 6.07) is 0. The van der Waals surface area contributed by atoms with Crippen LogP contribution < -0.4 is 0 Å². The molecule has 2 heteroatoms. The minimum Gasteiger partial charge on any atom is -0.411 e. The normalized spacial score (nSPS) is 34.1. The van der Waals surface area contributed by atoms with E-state index in [9.17, 15) is 0 Å². The second-order valence-corrected chi connectivity index (χ2v) is 4.16. The van der Waals surface area contributed by atoms with Gasteiger partial charge in [0.2, 0.25) is 0 Å². The van der Waals surface area contributed by atoms with Crippen molar-refractivity contribution in [2.24, 2.45) is 16.5 Å². The molecule has 1 saturated carbocycles. The van der Waals surface area contributed by atoms with Gasteiger partial charge in [0.25, 0.3) is 0 Å². The molecule has 0 aromatic rings. The Morgan fingerprint density at radius 2 is 2.18 bits per heavy atom. The Kier molecular flexibility index (Phi) is 2.21. The molecule has 1 N–H and O–H groups in total. The van der Waals surface area contributed by atoms with E-state index in [2.05, 4.69) is 25.9 Å². The van der Waals surface area contributed by atoms with Gasteiger partial charge in [0.15, 0.2) is 0 Å². The first-order valence-electron chi connectivity index (χ1n) is 4.30. The van der Waals surface area contributed by atoms with Crippen molar-refractivity contribution in [3.05, 3.63) is 0 Å². The molecule has 1 aliphatic carbocycles. The highest BCUT2D eigenvalue weighted by Crippen LogP contribution is 2.35. The zero-order valence-electron chi connectivity index (χ0n) is 7.59. The van der Waals surface area contributed by atoms with E-state index >= 15 is 0 Å². The van der Waals surface area contributed by atoms with Crippen LogP contribution in [0.15, 0.2) is 5.16 Å². The maximum absolute atomic E-state index is 8.79. The Hall–Kier alpha value is -0.530. The molecule has 0 bridgehead atoms. The minimum absolute atomic E-state index is 0.117. The lowest BCUT2D eigenvalue weighted by molar-refractivity contribution is 0.285. The van der Waals surface area contributed by atoms with E-state index in [-0.39, 0.29) is 5.41 Å². The van der Waals surface area contributed by atoms with Crippen molar-refractivity contribution in [3.8, 4) is 0 Å². The van der Waals surface area contributed by atoms with E-state index in [0.29, 0.717) is 5.92 Å². The lowest BCUT2D eigenvalue weighted by atomic mass is 9.71. The molecule has 1 fully saturated rings. The summed E-state index contributed by atoms with van der Waals surface area (Å²) in [4.78, 5) is 0. The zero-order chi connectivity index (χ0) is 8.48. The fraction of sp³-hybridized carbons (Fsp3) is 0.889. The Balaban J connectivity index is 2.82. The third-order valence-electron chi connectivity index (χ3n) is 2.71. The lowest BCUT2D eigenvalue weighted by Gasteiger charge is -2.34. The van der Waals surface area contributed by atoms with Crippen LogP contribution in [0, 0.1) is 11.3 Å². The molecule has 0 saturated heterocycles. The summed E-state index contributed by atoms with van der Waals surface area (Å²) in [7, 11) is 0. The maximum atomic E-state index is 8.79. The van der Waals surface area contributed by atoms with E-state index in [1.807, 2.05) is 0 Å². The summed E-state index contributed by atoms with van der Waals surface area (Å²) in [6.07, 6.45) is 3.58. The first-order valence-corrected chi connectivity index (χ1v) is 4.30. The van der Waals surface area contributed by atoms with Crippen molar-refractivity contribution >= 4 is 5.71 Å². The van der Waals surface area contributed by atoms with Gasteiger partial charge in [0.1, 0.15) is 0 Å². The van der Waals surface area contributed by atoms with E-state index in [1.165, 1.54) is 12.8 Å². The van der Waals surface area contributed by atoms with Crippen LogP contribution in [0.5, 0.6) is 0 Å². The van der Waals surface area contributed by atoms with Crippen LogP contribution in [0.3, 0.4) is 0 Å². The highest BCUT2D eigenvalue weighted by atomic mass is 16.4. The smallest absolute Gasteiger partial charge is 0.0654 e. The standard InChI is InChI=1S/C9H17NO/c1-7-5-4-6-9(2,3)8(7)10-11/h7,11H,4-6H2,1-3H3/b10-8+. The van der Waals surface area contributed by atoms with Crippen molar-refractivity contribution in [2.75, 3.05) is 0 Å². The summed E-state index contributed by atoms with van der Waals surface area (Å²) in [6.45, 7) is 6.44. The molecule has 64 valence electrons. The molecular formula is C9H17NO. The molecule has 0 aromatic heterocycles. The highest BCUT2D eigenvalue weighted by Gasteiger charge is 2.33. The maximum Gasteiger partial charge on any atom is 0.0654 e. The van der Waals surface area contributed by atoms with Gasteiger partial charge in [-0.15, -0.1) is 0 Å². The first-order chi connectivity index (χ1) is 5.08. The van der Waals surface area contributed by atoms with Gasteiger partial charge in [-0.25, -0.2) is 0 Å². The van der Waals surface area contributed by atoms with Crippen LogP contribution >= 0.6 is 0 Å². The predicted octanol–water partition coefficient (Wildman–Crippen LogP) is 2.66. The molecule has 0 amide bonds. The van der Waals surface area contributed by atoms with Crippen molar-refractivity contribution in [1.82, 2.24) is 0 Å². The third-order valence-corrected chi connectivity index (χ3v) is 2.71. The third kappa shape index (κ3) is 1.55. The van der Waals surface area contributed by atoms with Gasteiger partial charge in [-0.2, -0.15) is 0 Å². The number of oxime groups is 1. The molecule has 2 nitrogen and oxygen atoms in total. The largest absolute Gasteiger partial charge is 0.411 e. The average molecular weight is 155 g/mol. The van der Waals surface area contributed by atoms with Crippen LogP contribution in [-0.2, 0) is 0 Å². The fourth-order valence-electron chi connectivity index (χ4n) is 2.02. The monoisotopic (exact) mass is 155 g/mol. The van der Waals surface area contributed by atoms with Crippen molar-refractivity contribution in [3.63, 3.8) is 0 Å². The molecule has 0 heterocycles. The Morgan fingerprint density at radius 1 is 1.55 bits per heavy atom. The summed E-state index contributed by atoms with van der Waals surface area (Å²) >= 11 is 0. The Labute approximate surface area is 68.3 Å². The van der Waals surface area contributed by atoms with Gasteiger partial charge in [0.05, 0.1) is 5.71 Å². The molecule has 0 radical (unpaired) electrons. The van der Waals surface area contributed by atoms with Crippen LogP contribution in [0.25, 0.3) is 0 Å². The lowest BCUT2D eigenvalue weighted by Crippen LogP contribution is -2.33. The molecule has 0 aliphatic heterocycles. The van der Waals surface area contributed by atoms with E-state index in [1.54, 1.807) is 0 Å². The number of hydrogen-bond acceptors (Lipinski definition) is 2. The van der Waals surface area contributed by atoms with Crippen molar-refractivity contribution in [2.45, 2.75) is 40.0 Å². The van der Waals surface area contributed by atoms with Crippen LogP contribution in [0.1, 0.15) is 40.0 Å². The summed E-state index contributed by atoms with van der Waals surface area (Å²) < 4.78 is 0. The molecule has 0 spiro atoms.